The van der Waals surface area contributed by atoms with E-state index in [4.69, 9.17) is 5.73 Å². The number of methoxy groups -OCH3 is 1. The molecule has 0 radical (unpaired) electrons. The number of esters is 1. The SMILES string of the molecule is COC(=O)C1CCCN1CCC(N)=O. The smallest absolute Gasteiger partial charge is 0.323 e. The van der Waals surface area contributed by atoms with Gasteiger partial charge in [0, 0.05) is 13.0 Å². The lowest BCUT2D eigenvalue weighted by Gasteiger charge is -2.21. The third kappa shape index (κ3) is 2.70. The molecule has 5 heteroatoms. The number of nitrogens with two attached hydrogens (primary N) is 1. The molecule has 5 nitrogen and oxygen atoms in total. The van der Waals surface area contributed by atoms with Crippen LogP contribution in [-0.2, 0) is 14.3 Å². The normalized spacial score (nSPS) is 22.2. The zero-order chi connectivity index (χ0) is 10.6. The first-order valence-electron chi connectivity index (χ1n) is 4.75. The summed E-state index contributed by atoms with van der Waals surface area (Å²) in [5.74, 6) is -0.549. The number of likely N-dealkylation sites (tertiary alicyclic amines) is 1. The Kier molecular flexibility index (Phi) is 3.88. The molecule has 1 aliphatic rings. The van der Waals surface area contributed by atoms with Crippen molar-refractivity contribution in [2.75, 3.05) is 20.2 Å². The largest absolute Gasteiger partial charge is 0.468 e. The maximum absolute atomic E-state index is 11.3. The van der Waals surface area contributed by atoms with Gasteiger partial charge in [0.2, 0.25) is 5.91 Å². The minimum Gasteiger partial charge on any atom is -0.468 e. The van der Waals surface area contributed by atoms with E-state index in [1.807, 2.05) is 4.90 Å². The second kappa shape index (κ2) is 4.95. The number of ether oxygens (including phenoxy) is 1. The van der Waals surface area contributed by atoms with Crippen molar-refractivity contribution in [1.82, 2.24) is 4.90 Å². The van der Waals surface area contributed by atoms with Gasteiger partial charge in [0.05, 0.1) is 7.11 Å². The second-order valence-electron chi connectivity index (χ2n) is 3.43. The van der Waals surface area contributed by atoms with Gasteiger partial charge in [-0.1, -0.05) is 0 Å². The van der Waals surface area contributed by atoms with E-state index < -0.39 is 0 Å². The monoisotopic (exact) mass is 200 g/mol. The Balaban J connectivity index is 2.42. The summed E-state index contributed by atoms with van der Waals surface area (Å²) in [4.78, 5) is 23.8. The van der Waals surface area contributed by atoms with Crippen molar-refractivity contribution >= 4 is 11.9 Å². The minimum absolute atomic E-state index is 0.181. The fraction of sp³-hybridized carbons (Fsp3) is 0.778. The average Bonchev–Trinajstić information content (AvgIpc) is 2.61. The Morgan fingerprint density at radius 1 is 1.57 bits per heavy atom. The molecule has 0 spiro atoms. The first-order valence-corrected chi connectivity index (χ1v) is 4.75. The van der Waals surface area contributed by atoms with Crippen molar-refractivity contribution < 1.29 is 14.3 Å². The van der Waals surface area contributed by atoms with Crippen LogP contribution in [0.3, 0.4) is 0 Å². The van der Waals surface area contributed by atoms with Gasteiger partial charge >= 0.3 is 5.97 Å². The molecule has 1 heterocycles. The summed E-state index contributed by atoms with van der Waals surface area (Å²) < 4.78 is 4.67. The van der Waals surface area contributed by atoms with Crippen LogP contribution in [0.4, 0.5) is 0 Å². The number of hydrogen-bond donors (Lipinski definition) is 1. The van der Waals surface area contributed by atoms with Crippen molar-refractivity contribution in [3.63, 3.8) is 0 Å². The van der Waals surface area contributed by atoms with Crippen LogP contribution in [0.1, 0.15) is 19.3 Å². The first-order chi connectivity index (χ1) is 6.65. The van der Waals surface area contributed by atoms with E-state index in [9.17, 15) is 9.59 Å². The molecule has 1 fully saturated rings. The van der Waals surface area contributed by atoms with Crippen LogP contribution in [0.2, 0.25) is 0 Å². The second-order valence-corrected chi connectivity index (χ2v) is 3.43. The van der Waals surface area contributed by atoms with Gasteiger partial charge in [-0.05, 0) is 19.4 Å². The van der Waals surface area contributed by atoms with Crippen molar-refractivity contribution in [3.05, 3.63) is 0 Å². The summed E-state index contributed by atoms with van der Waals surface area (Å²) in [6.45, 7) is 1.39. The maximum atomic E-state index is 11.3. The van der Waals surface area contributed by atoms with E-state index in [0.29, 0.717) is 13.0 Å². The molecule has 0 saturated carbocycles. The predicted molar refractivity (Wildman–Crippen MR) is 50.4 cm³/mol. The van der Waals surface area contributed by atoms with Gasteiger partial charge in [-0.2, -0.15) is 0 Å². The fourth-order valence-electron chi connectivity index (χ4n) is 1.75. The molecule has 0 aromatic carbocycles. The van der Waals surface area contributed by atoms with E-state index in [-0.39, 0.29) is 17.9 Å². The molecule has 1 atom stereocenters. The number of carbonyl (C=O) groups excluding carboxylic acids is 2. The lowest BCUT2D eigenvalue weighted by Crippen LogP contribution is -2.38. The van der Waals surface area contributed by atoms with Crippen molar-refractivity contribution in [3.8, 4) is 0 Å². The van der Waals surface area contributed by atoms with Crippen LogP contribution in [0.5, 0.6) is 0 Å². The van der Waals surface area contributed by atoms with E-state index in [0.717, 1.165) is 19.4 Å². The summed E-state index contributed by atoms with van der Waals surface area (Å²) in [5, 5.41) is 0. The first kappa shape index (κ1) is 11.0. The summed E-state index contributed by atoms with van der Waals surface area (Å²) in [7, 11) is 1.38. The molecule has 0 aromatic heterocycles. The topological polar surface area (TPSA) is 72.6 Å². The molecular weight excluding hydrogens is 184 g/mol. The van der Waals surface area contributed by atoms with Crippen LogP contribution < -0.4 is 5.73 Å². The molecule has 2 N–H and O–H groups in total. The third-order valence-electron chi connectivity index (χ3n) is 2.48. The number of primary amides is 1. The van der Waals surface area contributed by atoms with E-state index in [2.05, 4.69) is 4.74 Å². The van der Waals surface area contributed by atoms with E-state index in [1.54, 1.807) is 0 Å². The van der Waals surface area contributed by atoms with Gasteiger partial charge in [-0.15, -0.1) is 0 Å². The highest BCUT2D eigenvalue weighted by Crippen LogP contribution is 2.18. The minimum atomic E-state index is -0.333. The van der Waals surface area contributed by atoms with Crippen LogP contribution >= 0.6 is 0 Å². The summed E-state index contributed by atoms with van der Waals surface area (Å²) in [6.07, 6.45) is 2.08. The quantitative estimate of drug-likeness (QED) is 0.621. The van der Waals surface area contributed by atoms with Gasteiger partial charge in [0.15, 0.2) is 0 Å². The fourth-order valence-corrected chi connectivity index (χ4v) is 1.75. The van der Waals surface area contributed by atoms with Crippen LogP contribution in [-0.4, -0.2) is 43.0 Å². The van der Waals surface area contributed by atoms with Crippen LogP contribution in [0.15, 0.2) is 0 Å². The summed E-state index contributed by atoms with van der Waals surface area (Å²) in [6, 6.07) is -0.181. The van der Waals surface area contributed by atoms with Gasteiger partial charge < -0.3 is 10.5 Å². The van der Waals surface area contributed by atoms with Gasteiger partial charge in [-0.25, -0.2) is 0 Å². The van der Waals surface area contributed by atoms with E-state index in [1.165, 1.54) is 7.11 Å². The zero-order valence-electron chi connectivity index (χ0n) is 8.36. The standard InChI is InChI=1S/C9H16N2O3/c1-14-9(13)7-3-2-5-11(7)6-4-8(10)12/h7H,2-6H2,1H3,(H2,10,12). The van der Waals surface area contributed by atoms with Crippen molar-refractivity contribution in [2.24, 2.45) is 5.73 Å². The highest BCUT2D eigenvalue weighted by molar-refractivity contribution is 5.76. The summed E-state index contributed by atoms with van der Waals surface area (Å²) in [5.41, 5.74) is 5.04. The Morgan fingerprint density at radius 2 is 2.29 bits per heavy atom. The molecule has 1 saturated heterocycles. The molecule has 80 valence electrons. The molecule has 1 amide bonds. The Bertz CT molecular complexity index is 230. The Morgan fingerprint density at radius 3 is 2.86 bits per heavy atom. The average molecular weight is 200 g/mol. The van der Waals surface area contributed by atoms with Crippen LogP contribution in [0, 0.1) is 0 Å². The Hall–Kier alpha value is -1.10. The molecule has 0 aliphatic carbocycles. The molecule has 0 aromatic rings. The molecule has 0 bridgehead atoms. The van der Waals surface area contributed by atoms with Gasteiger partial charge in [0.1, 0.15) is 6.04 Å². The third-order valence-corrected chi connectivity index (χ3v) is 2.48. The molecule has 1 unspecified atom stereocenters. The highest BCUT2D eigenvalue weighted by Gasteiger charge is 2.30. The number of carbonyl (C=O) groups is 2. The van der Waals surface area contributed by atoms with Crippen LogP contribution in [0.25, 0.3) is 0 Å². The molecule has 1 aliphatic heterocycles. The van der Waals surface area contributed by atoms with Crippen molar-refractivity contribution in [2.45, 2.75) is 25.3 Å². The zero-order valence-corrected chi connectivity index (χ0v) is 8.36. The number of amides is 1. The molecule has 14 heavy (non-hydrogen) atoms. The number of nitrogens with zero attached hydrogens (tertiary/aromatic N) is 1. The lowest BCUT2D eigenvalue weighted by molar-refractivity contribution is -0.146. The molecular formula is C9H16N2O3. The van der Waals surface area contributed by atoms with E-state index >= 15 is 0 Å². The lowest BCUT2D eigenvalue weighted by atomic mass is 10.2. The number of hydrogen-bond acceptors (Lipinski definition) is 4. The van der Waals surface area contributed by atoms with Crippen molar-refractivity contribution in [1.29, 1.82) is 0 Å². The maximum Gasteiger partial charge on any atom is 0.323 e. The predicted octanol–water partition coefficient (Wildman–Crippen LogP) is -0.501. The Labute approximate surface area is 83.2 Å². The summed E-state index contributed by atoms with van der Waals surface area (Å²) >= 11 is 0. The highest BCUT2D eigenvalue weighted by atomic mass is 16.5. The molecule has 1 rings (SSSR count). The van der Waals surface area contributed by atoms with Gasteiger partial charge in [0.25, 0.3) is 0 Å². The number of rotatable bonds is 4. The van der Waals surface area contributed by atoms with Gasteiger partial charge in [-0.3, -0.25) is 14.5 Å².